The molecular formula is C9H17O. The van der Waals surface area contributed by atoms with Gasteiger partial charge >= 0.3 is 0 Å². The summed E-state index contributed by atoms with van der Waals surface area (Å²) in [6.07, 6.45) is 6.79. The molecule has 0 spiro atoms. The number of hydrogen-bond acceptors (Lipinski definition) is 1. The van der Waals surface area contributed by atoms with Crippen molar-refractivity contribution in [3.8, 4) is 0 Å². The first-order chi connectivity index (χ1) is 4.56. The van der Waals surface area contributed by atoms with Crippen LogP contribution in [-0.2, 0) is 0 Å². The Morgan fingerprint density at radius 1 is 1.30 bits per heavy atom. The molecular weight excluding hydrogens is 124 g/mol. The Balaban J connectivity index is 3.28. The van der Waals surface area contributed by atoms with Crippen molar-refractivity contribution in [3.05, 3.63) is 18.6 Å². The Kier molecular flexibility index (Phi) is 4.37. The maximum absolute atomic E-state index is 8.39. The van der Waals surface area contributed by atoms with E-state index in [-0.39, 0.29) is 6.61 Å². The first kappa shape index (κ1) is 9.70. The van der Waals surface area contributed by atoms with E-state index in [1.54, 1.807) is 6.08 Å². The second-order valence-corrected chi connectivity index (χ2v) is 3.61. The van der Waals surface area contributed by atoms with Crippen LogP contribution in [0.5, 0.6) is 0 Å². The van der Waals surface area contributed by atoms with Crippen molar-refractivity contribution < 1.29 is 5.11 Å². The third kappa shape index (κ3) is 7.70. The van der Waals surface area contributed by atoms with E-state index in [1.807, 2.05) is 6.08 Å². The highest BCUT2D eigenvalue weighted by molar-refractivity contribution is 4.96. The van der Waals surface area contributed by atoms with Gasteiger partial charge in [0.15, 0.2) is 0 Å². The lowest BCUT2D eigenvalue weighted by Crippen LogP contribution is -2.03. The van der Waals surface area contributed by atoms with E-state index >= 15 is 0 Å². The molecule has 1 heteroatoms. The third-order valence-corrected chi connectivity index (χ3v) is 1.11. The number of rotatable bonds is 3. The lowest BCUT2D eigenvalue weighted by molar-refractivity contribution is 0.342. The maximum atomic E-state index is 8.39. The summed E-state index contributed by atoms with van der Waals surface area (Å²) < 4.78 is 0. The minimum Gasteiger partial charge on any atom is -0.392 e. The lowest BCUT2D eigenvalue weighted by atomic mass is 9.90. The molecule has 0 bridgehead atoms. The fourth-order valence-electron chi connectivity index (χ4n) is 0.579. The molecule has 0 aliphatic carbocycles. The summed E-state index contributed by atoms with van der Waals surface area (Å²) in [6, 6.07) is 0. The smallest absolute Gasteiger partial charge is 0.0612 e. The van der Waals surface area contributed by atoms with Gasteiger partial charge in [-0.2, -0.15) is 0 Å². The van der Waals surface area contributed by atoms with Gasteiger partial charge in [-0.3, -0.25) is 0 Å². The number of hydrogen-bond donors (Lipinski definition) is 1. The molecule has 0 heterocycles. The number of aliphatic hydroxyl groups is 1. The van der Waals surface area contributed by atoms with Gasteiger partial charge in [0.25, 0.3) is 0 Å². The molecule has 1 nitrogen and oxygen atoms in total. The van der Waals surface area contributed by atoms with E-state index in [1.165, 1.54) is 0 Å². The molecule has 0 unspecified atom stereocenters. The highest BCUT2D eigenvalue weighted by Gasteiger charge is 2.07. The molecule has 10 heavy (non-hydrogen) atoms. The monoisotopic (exact) mass is 141 g/mol. The van der Waals surface area contributed by atoms with Gasteiger partial charge < -0.3 is 5.11 Å². The molecule has 0 amide bonds. The molecule has 0 atom stereocenters. The van der Waals surface area contributed by atoms with Gasteiger partial charge in [0.1, 0.15) is 0 Å². The van der Waals surface area contributed by atoms with Crippen LogP contribution < -0.4 is 0 Å². The van der Waals surface area contributed by atoms with E-state index in [0.717, 1.165) is 6.42 Å². The van der Waals surface area contributed by atoms with E-state index in [4.69, 9.17) is 5.11 Å². The summed E-state index contributed by atoms with van der Waals surface area (Å²) >= 11 is 0. The van der Waals surface area contributed by atoms with Gasteiger partial charge in [-0.1, -0.05) is 32.9 Å². The van der Waals surface area contributed by atoms with Gasteiger partial charge in [0, 0.05) is 0 Å². The molecule has 59 valence electrons. The third-order valence-electron chi connectivity index (χ3n) is 1.11. The summed E-state index contributed by atoms with van der Waals surface area (Å²) in [5.74, 6) is 0. The minimum atomic E-state index is 0.140. The van der Waals surface area contributed by atoms with E-state index in [9.17, 15) is 0 Å². The van der Waals surface area contributed by atoms with E-state index in [0.29, 0.717) is 5.41 Å². The highest BCUT2D eigenvalue weighted by atomic mass is 16.2. The Hall–Kier alpha value is -0.300. The molecule has 0 aliphatic heterocycles. The molecule has 0 aromatic rings. The quantitative estimate of drug-likeness (QED) is 0.638. The second-order valence-electron chi connectivity index (χ2n) is 3.61. The van der Waals surface area contributed by atoms with Gasteiger partial charge in [-0.15, -0.1) is 0 Å². The molecule has 0 aromatic heterocycles. The second kappa shape index (κ2) is 4.51. The zero-order valence-corrected chi connectivity index (χ0v) is 7.09. The normalized spacial score (nSPS) is 12.8. The maximum Gasteiger partial charge on any atom is 0.0612 e. The van der Waals surface area contributed by atoms with Crippen molar-refractivity contribution >= 4 is 0 Å². The van der Waals surface area contributed by atoms with Crippen LogP contribution >= 0.6 is 0 Å². The topological polar surface area (TPSA) is 20.2 Å². The molecule has 0 saturated carbocycles. The van der Waals surface area contributed by atoms with Gasteiger partial charge in [-0.25, -0.2) is 0 Å². The van der Waals surface area contributed by atoms with Crippen molar-refractivity contribution in [3.63, 3.8) is 0 Å². The molecule has 0 aliphatic rings. The van der Waals surface area contributed by atoms with Crippen LogP contribution in [0.15, 0.2) is 12.2 Å². The van der Waals surface area contributed by atoms with Gasteiger partial charge in [-0.05, 0) is 18.3 Å². The summed E-state index contributed by atoms with van der Waals surface area (Å²) in [5.41, 5.74) is 0.361. The van der Waals surface area contributed by atoms with Crippen LogP contribution in [-0.4, -0.2) is 11.7 Å². The van der Waals surface area contributed by atoms with Crippen LogP contribution in [0.25, 0.3) is 0 Å². The Labute approximate surface area is 63.8 Å². The van der Waals surface area contributed by atoms with Crippen LogP contribution in [0.1, 0.15) is 27.2 Å². The van der Waals surface area contributed by atoms with Crippen molar-refractivity contribution in [1.29, 1.82) is 0 Å². The Bertz CT molecular complexity index is 97.8. The number of allylic oxidation sites excluding steroid dienone is 1. The zero-order chi connectivity index (χ0) is 8.04. The average Bonchev–Trinajstić information content (AvgIpc) is 1.78. The van der Waals surface area contributed by atoms with Gasteiger partial charge in [0.2, 0.25) is 0 Å². The van der Waals surface area contributed by atoms with Crippen molar-refractivity contribution in [1.82, 2.24) is 0 Å². The summed E-state index contributed by atoms with van der Waals surface area (Å²) in [4.78, 5) is 0. The van der Waals surface area contributed by atoms with Crippen molar-refractivity contribution in [2.75, 3.05) is 6.61 Å². The van der Waals surface area contributed by atoms with Crippen molar-refractivity contribution in [2.45, 2.75) is 27.2 Å². The van der Waals surface area contributed by atoms with E-state index < -0.39 is 0 Å². The predicted molar refractivity (Wildman–Crippen MR) is 44.6 cm³/mol. The van der Waals surface area contributed by atoms with Crippen LogP contribution in [0.3, 0.4) is 0 Å². The van der Waals surface area contributed by atoms with E-state index in [2.05, 4.69) is 27.2 Å². The molecule has 1 N–H and O–H groups in total. The summed E-state index contributed by atoms with van der Waals surface area (Å²) in [6.45, 7) is 6.71. The molecule has 0 rings (SSSR count). The number of aliphatic hydroxyl groups excluding tert-OH is 1. The molecule has 0 fully saturated rings. The minimum absolute atomic E-state index is 0.140. The van der Waals surface area contributed by atoms with Crippen LogP contribution in [0.2, 0.25) is 0 Å². The molecule has 0 saturated heterocycles. The largest absolute Gasteiger partial charge is 0.392 e. The molecule has 1 radical (unpaired) electrons. The predicted octanol–water partition coefficient (Wildman–Crippen LogP) is 2.18. The standard InChI is InChI=1S/C9H17O/c1-9(2,3)7-5-4-6-8-10/h4-6,10H,7-8H2,1-3H3. The van der Waals surface area contributed by atoms with Gasteiger partial charge in [0.05, 0.1) is 6.61 Å². The summed E-state index contributed by atoms with van der Waals surface area (Å²) in [7, 11) is 0. The highest BCUT2D eigenvalue weighted by Crippen LogP contribution is 2.19. The van der Waals surface area contributed by atoms with Crippen molar-refractivity contribution in [2.24, 2.45) is 5.41 Å². The SMILES string of the molecule is CC(C)(C)C[CH]C=CCO. The Morgan fingerprint density at radius 2 is 1.90 bits per heavy atom. The first-order valence-corrected chi connectivity index (χ1v) is 3.65. The fraction of sp³-hybridized carbons (Fsp3) is 0.667. The summed E-state index contributed by atoms with van der Waals surface area (Å²) in [5, 5.41) is 8.39. The lowest BCUT2D eigenvalue weighted by Gasteiger charge is -2.15. The van der Waals surface area contributed by atoms with Crippen LogP contribution in [0, 0.1) is 11.8 Å². The fourth-order valence-corrected chi connectivity index (χ4v) is 0.579. The van der Waals surface area contributed by atoms with Crippen LogP contribution in [0.4, 0.5) is 0 Å². The molecule has 0 aromatic carbocycles. The zero-order valence-electron chi connectivity index (χ0n) is 7.09. The Morgan fingerprint density at radius 3 is 2.30 bits per heavy atom. The average molecular weight is 141 g/mol. The first-order valence-electron chi connectivity index (χ1n) is 3.65.